The predicted octanol–water partition coefficient (Wildman–Crippen LogP) is 6.24. The zero-order chi connectivity index (χ0) is 17.3. The molecule has 1 nitrogen and oxygen atoms in total. The summed E-state index contributed by atoms with van der Waals surface area (Å²) in [4.78, 5) is 1.44. The summed E-state index contributed by atoms with van der Waals surface area (Å²) in [7, 11) is 0. The Bertz CT molecular complexity index is 602. The number of hydrogen-bond acceptors (Lipinski definition) is 2. The van der Waals surface area contributed by atoms with Crippen molar-refractivity contribution in [2.24, 2.45) is 0 Å². The lowest BCUT2D eigenvalue weighted by Crippen LogP contribution is -2.17. The highest BCUT2D eigenvalue weighted by molar-refractivity contribution is 8.00. The van der Waals surface area contributed by atoms with Crippen LogP contribution in [-0.4, -0.2) is 18.3 Å². The Kier molecular flexibility index (Phi) is 7.44. The standard InChI is InChI=1S/C23H31NS/c1-2-24-18-17-23(19-9-5-3-6-10-19)20-13-15-22(16-14-20)25-21-11-7-4-8-12-21/h3,5-6,9-10,13-16,21,23-24H,2,4,7-8,11-12,17-18H2,1H3. The minimum Gasteiger partial charge on any atom is -0.317 e. The topological polar surface area (TPSA) is 12.0 Å². The summed E-state index contributed by atoms with van der Waals surface area (Å²) in [6, 6.07) is 20.3. The van der Waals surface area contributed by atoms with Crippen LogP contribution < -0.4 is 5.32 Å². The fourth-order valence-corrected chi connectivity index (χ4v) is 5.04. The van der Waals surface area contributed by atoms with E-state index in [1.807, 2.05) is 0 Å². The van der Waals surface area contributed by atoms with Gasteiger partial charge in [-0.15, -0.1) is 11.8 Å². The summed E-state index contributed by atoms with van der Waals surface area (Å²) in [5.41, 5.74) is 2.87. The van der Waals surface area contributed by atoms with E-state index in [0.29, 0.717) is 5.92 Å². The molecule has 2 heteroatoms. The average molecular weight is 354 g/mol. The van der Waals surface area contributed by atoms with Crippen molar-refractivity contribution in [1.29, 1.82) is 0 Å². The molecule has 1 unspecified atom stereocenters. The summed E-state index contributed by atoms with van der Waals surface area (Å²) >= 11 is 2.09. The molecule has 0 bridgehead atoms. The van der Waals surface area contributed by atoms with E-state index in [-0.39, 0.29) is 0 Å². The summed E-state index contributed by atoms with van der Waals surface area (Å²) in [5.74, 6) is 0.481. The lowest BCUT2D eigenvalue weighted by Gasteiger charge is -2.22. The van der Waals surface area contributed by atoms with Gasteiger partial charge in [0.2, 0.25) is 0 Å². The van der Waals surface area contributed by atoms with Gasteiger partial charge in [-0.25, -0.2) is 0 Å². The lowest BCUT2D eigenvalue weighted by atomic mass is 9.88. The maximum Gasteiger partial charge on any atom is 0.0101 e. The normalized spacial score (nSPS) is 16.7. The van der Waals surface area contributed by atoms with Crippen LogP contribution in [0.3, 0.4) is 0 Å². The number of thioether (sulfide) groups is 1. The first-order chi connectivity index (χ1) is 12.4. The molecule has 0 aliphatic heterocycles. The van der Waals surface area contributed by atoms with Crippen LogP contribution in [0.4, 0.5) is 0 Å². The zero-order valence-corrected chi connectivity index (χ0v) is 16.2. The highest BCUT2D eigenvalue weighted by atomic mass is 32.2. The van der Waals surface area contributed by atoms with Gasteiger partial charge in [0, 0.05) is 16.1 Å². The van der Waals surface area contributed by atoms with Crippen molar-refractivity contribution in [2.45, 2.75) is 61.5 Å². The summed E-state index contributed by atoms with van der Waals surface area (Å²) in [5, 5.41) is 4.31. The molecule has 3 rings (SSSR count). The molecule has 1 aliphatic carbocycles. The first-order valence-corrected chi connectivity index (χ1v) is 10.8. The SMILES string of the molecule is CCNCCC(c1ccccc1)c1ccc(SC2CCCCC2)cc1. The van der Waals surface area contributed by atoms with E-state index in [1.54, 1.807) is 0 Å². The second kappa shape index (κ2) is 10.0. The third kappa shape index (κ3) is 5.62. The first kappa shape index (κ1) is 18.5. The molecule has 0 heterocycles. The Labute approximate surface area is 157 Å². The van der Waals surface area contributed by atoms with Crippen molar-refractivity contribution in [3.8, 4) is 0 Å². The van der Waals surface area contributed by atoms with Crippen molar-refractivity contribution in [3.05, 3.63) is 65.7 Å². The van der Waals surface area contributed by atoms with Crippen LogP contribution in [0.25, 0.3) is 0 Å². The minimum absolute atomic E-state index is 0.481. The highest BCUT2D eigenvalue weighted by Gasteiger charge is 2.16. The van der Waals surface area contributed by atoms with E-state index < -0.39 is 0 Å². The smallest absolute Gasteiger partial charge is 0.0101 e. The van der Waals surface area contributed by atoms with Crippen molar-refractivity contribution in [3.63, 3.8) is 0 Å². The van der Waals surface area contributed by atoms with E-state index in [0.717, 1.165) is 24.8 Å². The van der Waals surface area contributed by atoms with Gasteiger partial charge in [-0.05, 0) is 55.6 Å². The Morgan fingerprint density at radius 1 is 0.920 bits per heavy atom. The molecule has 1 fully saturated rings. The molecule has 1 atom stereocenters. The Morgan fingerprint density at radius 3 is 2.28 bits per heavy atom. The fourth-order valence-electron chi connectivity index (χ4n) is 3.79. The molecule has 1 aliphatic rings. The minimum atomic E-state index is 0.481. The van der Waals surface area contributed by atoms with Crippen LogP contribution >= 0.6 is 11.8 Å². The molecule has 2 aromatic carbocycles. The van der Waals surface area contributed by atoms with Gasteiger partial charge in [0.25, 0.3) is 0 Å². The molecule has 0 aromatic heterocycles. The fraction of sp³-hybridized carbons (Fsp3) is 0.478. The van der Waals surface area contributed by atoms with Crippen LogP contribution in [0, 0.1) is 0 Å². The molecule has 0 amide bonds. The van der Waals surface area contributed by atoms with E-state index in [1.165, 1.54) is 48.1 Å². The van der Waals surface area contributed by atoms with Crippen molar-refractivity contribution >= 4 is 11.8 Å². The second-order valence-electron chi connectivity index (χ2n) is 7.05. The van der Waals surface area contributed by atoms with Crippen molar-refractivity contribution in [2.75, 3.05) is 13.1 Å². The first-order valence-electron chi connectivity index (χ1n) is 9.89. The van der Waals surface area contributed by atoms with Gasteiger partial charge in [-0.1, -0.05) is 68.7 Å². The summed E-state index contributed by atoms with van der Waals surface area (Å²) < 4.78 is 0. The quantitative estimate of drug-likeness (QED) is 0.563. The molecule has 0 spiro atoms. The third-order valence-electron chi connectivity index (χ3n) is 5.20. The maximum atomic E-state index is 3.48. The molecule has 134 valence electrons. The highest BCUT2D eigenvalue weighted by Crippen LogP contribution is 2.35. The lowest BCUT2D eigenvalue weighted by molar-refractivity contribution is 0.516. The predicted molar refractivity (Wildman–Crippen MR) is 111 cm³/mol. The van der Waals surface area contributed by atoms with Crippen molar-refractivity contribution < 1.29 is 0 Å². The third-order valence-corrected chi connectivity index (χ3v) is 6.55. The van der Waals surface area contributed by atoms with E-state index in [4.69, 9.17) is 0 Å². The molecular formula is C23H31NS. The van der Waals surface area contributed by atoms with Crippen LogP contribution in [0.15, 0.2) is 59.5 Å². The van der Waals surface area contributed by atoms with E-state index in [2.05, 4.69) is 78.6 Å². The Morgan fingerprint density at radius 2 is 1.60 bits per heavy atom. The molecule has 0 saturated heterocycles. The van der Waals surface area contributed by atoms with E-state index >= 15 is 0 Å². The molecule has 0 radical (unpaired) electrons. The molecule has 1 N–H and O–H groups in total. The second-order valence-corrected chi connectivity index (χ2v) is 8.43. The van der Waals surface area contributed by atoms with Crippen LogP contribution in [0.1, 0.15) is 62.5 Å². The Balaban J connectivity index is 1.69. The molecular weight excluding hydrogens is 322 g/mol. The largest absolute Gasteiger partial charge is 0.317 e. The van der Waals surface area contributed by atoms with Crippen LogP contribution in [0.5, 0.6) is 0 Å². The molecule has 1 saturated carbocycles. The van der Waals surface area contributed by atoms with Gasteiger partial charge in [0.05, 0.1) is 0 Å². The number of benzene rings is 2. The van der Waals surface area contributed by atoms with Gasteiger partial charge >= 0.3 is 0 Å². The maximum absolute atomic E-state index is 3.48. The van der Waals surface area contributed by atoms with Crippen LogP contribution in [0.2, 0.25) is 0 Å². The van der Waals surface area contributed by atoms with E-state index in [9.17, 15) is 0 Å². The van der Waals surface area contributed by atoms with Crippen molar-refractivity contribution in [1.82, 2.24) is 5.32 Å². The molecule has 2 aromatic rings. The Hall–Kier alpha value is -1.25. The monoisotopic (exact) mass is 353 g/mol. The summed E-state index contributed by atoms with van der Waals surface area (Å²) in [6.07, 6.45) is 8.18. The number of rotatable bonds is 8. The van der Waals surface area contributed by atoms with Gasteiger partial charge in [-0.3, -0.25) is 0 Å². The number of hydrogen-bond donors (Lipinski definition) is 1. The zero-order valence-electron chi connectivity index (χ0n) is 15.4. The number of nitrogens with one attached hydrogen (secondary N) is 1. The summed E-state index contributed by atoms with van der Waals surface area (Å²) in [6.45, 7) is 4.28. The van der Waals surface area contributed by atoms with Gasteiger partial charge < -0.3 is 5.32 Å². The average Bonchev–Trinajstić information content (AvgIpc) is 2.68. The van der Waals surface area contributed by atoms with Gasteiger partial charge in [0.15, 0.2) is 0 Å². The molecule has 25 heavy (non-hydrogen) atoms. The van der Waals surface area contributed by atoms with Crippen LogP contribution in [-0.2, 0) is 0 Å². The van der Waals surface area contributed by atoms with Gasteiger partial charge in [-0.2, -0.15) is 0 Å². The van der Waals surface area contributed by atoms with Gasteiger partial charge in [0.1, 0.15) is 0 Å².